The van der Waals surface area contributed by atoms with Gasteiger partial charge in [0.2, 0.25) is 0 Å². The van der Waals surface area contributed by atoms with Crippen molar-refractivity contribution in [3.8, 4) is 0 Å². The van der Waals surface area contributed by atoms with Crippen LogP contribution < -0.4 is 0 Å². The first kappa shape index (κ1) is 14.7. The molecule has 0 bridgehead atoms. The van der Waals surface area contributed by atoms with Gasteiger partial charge in [-0.25, -0.2) is 0 Å². The second kappa shape index (κ2) is 5.98. The van der Waals surface area contributed by atoms with E-state index < -0.39 is 0 Å². The summed E-state index contributed by atoms with van der Waals surface area (Å²) in [6.07, 6.45) is 11.7. The fraction of sp³-hybridized carbons (Fsp3) is 0.0833. The molecule has 24 heavy (non-hydrogen) atoms. The molecular formula is C24H20. The predicted octanol–water partition coefficient (Wildman–Crippen LogP) is 6.76. The van der Waals surface area contributed by atoms with Crippen LogP contribution in [0.4, 0.5) is 0 Å². The molecule has 0 heteroatoms. The summed E-state index contributed by atoms with van der Waals surface area (Å²) in [6, 6.07) is 17.7. The number of aryl methyl sites for hydroxylation is 1. The van der Waals surface area contributed by atoms with E-state index in [2.05, 4.69) is 86.3 Å². The Bertz CT molecular complexity index is 1040. The van der Waals surface area contributed by atoms with E-state index in [-0.39, 0.29) is 0 Å². The highest BCUT2D eigenvalue weighted by Crippen LogP contribution is 2.35. The second-order valence-corrected chi connectivity index (χ2v) is 6.38. The molecule has 116 valence electrons. The van der Waals surface area contributed by atoms with E-state index in [1.54, 1.807) is 0 Å². The zero-order chi connectivity index (χ0) is 16.5. The summed E-state index contributed by atoms with van der Waals surface area (Å²) in [5.41, 5.74) is 5.17. The van der Waals surface area contributed by atoms with Gasteiger partial charge in [-0.1, -0.05) is 85.0 Å². The molecule has 0 heterocycles. The van der Waals surface area contributed by atoms with Gasteiger partial charge in [-0.2, -0.15) is 0 Å². The van der Waals surface area contributed by atoms with Crippen LogP contribution in [-0.2, 0) is 0 Å². The van der Waals surface area contributed by atoms with Gasteiger partial charge in [-0.05, 0) is 57.7 Å². The van der Waals surface area contributed by atoms with E-state index in [1.165, 1.54) is 43.8 Å². The van der Waals surface area contributed by atoms with E-state index in [9.17, 15) is 0 Å². The van der Waals surface area contributed by atoms with Crippen molar-refractivity contribution in [2.24, 2.45) is 0 Å². The minimum Gasteiger partial charge on any atom is -0.0991 e. The van der Waals surface area contributed by atoms with Gasteiger partial charge in [0.1, 0.15) is 0 Å². The first-order chi connectivity index (χ1) is 11.8. The fourth-order valence-electron chi connectivity index (χ4n) is 3.52. The summed E-state index contributed by atoms with van der Waals surface area (Å²) >= 11 is 0. The molecule has 3 aromatic carbocycles. The normalized spacial score (nSPS) is 15.9. The van der Waals surface area contributed by atoms with Gasteiger partial charge >= 0.3 is 0 Å². The molecule has 0 atom stereocenters. The molecule has 0 unspecified atom stereocenters. The highest BCUT2D eigenvalue weighted by Gasteiger charge is 2.11. The van der Waals surface area contributed by atoms with E-state index in [0.29, 0.717) is 0 Å². The van der Waals surface area contributed by atoms with Gasteiger partial charge < -0.3 is 0 Å². The molecule has 0 spiro atoms. The number of hydrogen-bond acceptors (Lipinski definition) is 0. The molecule has 4 rings (SSSR count). The minimum atomic E-state index is 0.972. The Hall–Kier alpha value is -2.86. The van der Waals surface area contributed by atoms with Crippen LogP contribution in [-0.4, -0.2) is 0 Å². The maximum absolute atomic E-state index is 3.82. The topological polar surface area (TPSA) is 0 Å². The van der Waals surface area contributed by atoms with Crippen LogP contribution in [0.5, 0.6) is 0 Å². The van der Waals surface area contributed by atoms with Crippen molar-refractivity contribution in [3.05, 3.63) is 102 Å². The first-order valence-corrected chi connectivity index (χ1v) is 8.38. The molecule has 0 N–H and O–H groups in total. The Balaban J connectivity index is 2.06. The third-order valence-electron chi connectivity index (χ3n) is 4.65. The Labute approximate surface area is 143 Å². The molecule has 0 aromatic heterocycles. The van der Waals surface area contributed by atoms with E-state index in [1.807, 2.05) is 6.08 Å². The van der Waals surface area contributed by atoms with Crippen molar-refractivity contribution in [1.29, 1.82) is 0 Å². The quantitative estimate of drug-likeness (QED) is 0.459. The summed E-state index contributed by atoms with van der Waals surface area (Å²) < 4.78 is 0. The van der Waals surface area contributed by atoms with Crippen LogP contribution >= 0.6 is 0 Å². The summed E-state index contributed by atoms with van der Waals surface area (Å²) in [6.45, 7) is 5.98. The maximum atomic E-state index is 3.82. The Morgan fingerprint density at radius 1 is 0.958 bits per heavy atom. The van der Waals surface area contributed by atoms with Gasteiger partial charge in [0.15, 0.2) is 0 Å². The lowest BCUT2D eigenvalue weighted by atomic mass is 9.89. The van der Waals surface area contributed by atoms with Crippen molar-refractivity contribution in [3.63, 3.8) is 0 Å². The average Bonchev–Trinajstić information content (AvgIpc) is 2.61. The standard InChI is InChI=1S/C24H20/c1-3-7-18-8-6-10-19(15-18)23-16-20-9-4-5-11-21(20)24-14-17(2)12-13-22(23)24/h3-7,9-16H,1,8H2,2H3. The van der Waals surface area contributed by atoms with Crippen LogP contribution in [0.15, 0.2) is 91.1 Å². The zero-order valence-corrected chi connectivity index (χ0v) is 13.9. The highest BCUT2D eigenvalue weighted by atomic mass is 14.1. The zero-order valence-electron chi connectivity index (χ0n) is 13.9. The number of hydrogen-bond donors (Lipinski definition) is 0. The van der Waals surface area contributed by atoms with E-state index in [4.69, 9.17) is 0 Å². The molecule has 0 saturated carbocycles. The fourth-order valence-corrected chi connectivity index (χ4v) is 3.52. The Morgan fingerprint density at radius 3 is 2.71 bits per heavy atom. The molecule has 0 saturated heterocycles. The van der Waals surface area contributed by atoms with Crippen LogP contribution in [0.3, 0.4) is 0 Å². The Morgan fingerprint density at radius 2 is 1.83 bits per heavy atom. The van der Waals surface area contributed by atoms with Crippen LogP contribution in [0, 0.1) is 6.92 Å². The monoisotopic (exact) mass is 308 g/mol. The van der Waals surface area contributed by atoms with Gasteiger partial charge in [0.25, 0.3) is 0 Å². The summed E-state index contributed by atoms with van der Waals surface area (Å²) in [7, 11) is 0. The maximum Gasteiger partial charge on any atom is -0.00939 e. The average molecular weight is 308 g/mol. The summed E-state index contributed by atoms with van der Waals surface area (Å²) in [5.74, 6) is 0. The van der Waals surface area contributed by atoms with E-state index >= 15 is 0 Å². The highest BCUT2D eigenvalue weighted by molar-refractivity contribution is 6.12. The molecule has 1 aliphatic carbocycles. The predicted molar refractivity (Wildman–Crippen MR) is 106 cm³/mol. The molecular weight excluding hydrogens is 288 g/mol. The lowest BCUT2D eigenvalue weighted by molar-refractivity contribution is 1.27. The van der Waals surface area contributed by atoms with Crippen molar-refractivity contribution < 1.29 is 0 Å². The molecule has 0 aliphatic heterocycles. The lowest BCUT2D eigenvalue weighted by Gasteiger charge is -2.15. The van der Waals surface area contributed by atoms with Crippen LogP contribution in [0.1, 0.15) is 17.5 Å². The van der Waals surface area contributed by atoms with Gasteiger partial charge in [-0.15, -0.1) is 0 Å². The van der Waals surface area contributed by atoms with Crippen LogP contribution in [0.25, 0.3) is 27.1 Å². The first-order valence-electron chi connectivity index (χ1n) is 8.38. The SMILES string of the molecule is C=CC=C1C=C(c2cc3ccccc3c3cc(C)ccc23)C=CC1. The number of allylic oxidation sites excluding steroid dienone is 7. The lowest BCUT2D eigenvalue weighted by Crippen LogP contribution is -1.92. The second-order valence-electron chi connectivity index (χ2n) is 6.38. The molecule has 0 amide bonds. The van der Waals surface area contributed by atoms with Gasteiger partial charge in [-0.3, -0.25) is 0 Å². The number of fused-ring (bicyclic) bond motifs is 3. The third-order valence-corrected chi connectivity index (χ3v) is 4.65. The number of benzene rings is 3. The molecule has 3 aromatic rings. The van der Waals surface area contributed by atoms with Crippen molar-refractivity contribution in [2.45, 2.75) is 13.3 Å². The largest absolute Gasteiger partial charge is 0.0991 e. The van der Waals surface area contributed by atoms with Crippen LogP contribution in [0.2, 0.25) is 0 Å². The summed E-state index contributed by atoms with van der Waals surface area (Å²) in [4.78, 5) is 0. The smallest absolute Gasteiger partial charge is 0.00939 e. The summed E-state index contributed by atoms with van der Waals surface area (Å²) in [5, 5.41) is 5.26. The van der Waals surface area contributed by atoms with E-state index in [0.717, 1.165) is 6.42 Å². The molecule has 0 nitrogen and oxygen atoms in total. The molecule has 0 radical (unpaired) electrons. The van der Waals surface area contributed by atoms with Gasteiger partial charge in [0.05, 0.1) is 0 Å². The Kier molecular flexibility index (Phi) is 3.66. The number of rotatable bonds is 2. The van der Waals surface area contributed by atoms with Crippen molar-refractivity contribution in [2.75, 3.05) is 0 Å². The molecule has 1 aliphatic rings. The van der Waals surface area contributed by atoms with Gasteiger partial charge in [0, 0.05) is 0 Å². The minimum absolute atomic E-state index is 0.972. The molecule has 0 fully saturated rings. The third kappa shape index (κ3) is 2.51. The van der Waals surface area contributed by atoms with Crippen molar-refractivity contribution in [1.82, 2.24) is 0 Å². The van der Waals surface area contributed by atoms with Crippen molar-refractivity contribution >= 4 is 27.1 Å².